The second kappa shape index (κ2) is 4.81. The number of carbonyl (C=O) groups is 1. The van der Waals surface area contributed by atoms with Gasteiger partial charge in [-0.05, 0) is 12.8 Å². The largest absolute Gasteiger partial charge is 0.369 e. The van der Waals surface area contributed by atoms with Crippen LogP contribution in [0.5, 0.6) is 0 Å². The number of anilines is 1. The highest BCUT2D eigenvalue weighted by atomic mass is 16.1. The van der Waals surface area contributed by atoms with Crippen molar-refractivity contribution in [3.8, 4) is 0 Å². The number of nitrogens with two attached hydrogens (primary N) is 1. The first-order valence-electron chi connectivity index (χ1n) is 7.07. The minimum atomic E-state index is 0.113. The van der Waals surface area contributed by atoms with Crippen LogP contribution in [-0.4, -0.2) is 31.3 Å². The van der Waals surface area contributed by atoms with Crippen molar-refractivity contribution in [1.29, 1.82) is 0 Å². The highest BCUT2D eigenvalue weighted by Crippen LogP contribution is 2.23. The van der Waals surface area contributed by atoms with Crippen molar-refractivity contribution in [1.82, 2.24) is 24.6 Å². The summed E-state index contributed by atoms with van der Waals surface area (Å²) in [4.78, 5) is 15.8. The maximum absolute atomic E-state index is 11.3. The molecule has 0 aromatic carbocycles. The zero-order valence-corrected chi connectivity index (χ0v) is 11.9. The molecule has 2 aromatic heterocycles. The van der Waals surface area contributed by atoms with Gasteiger partial charge >= 0.3 is 0 Å². The number of fused-ring (bicyclic) bond motifs is 1. The molecule has 108 valence electrons. The van der Waals surface area contributed by atoms with Gasteiger partial charge in [0.15, 0.2) is 5.65 Å². The van der Waals surface area contributed by atoms with E-state index >= 15 is 0 Å². The van der Waals surface area contributed by atoms with E-state index < -0.39 is 0 Å². The predicted octanol–water partition coefficient (Wildman–Crippen LogP) is 0.583. The molecule has 1 aliphatic heterocycles. The summed E-state index contributed by atoms with van der Waals surface area (Å²) in [7, 11) is 1.91. The molecular weight excluding hydrogens is 256 g/mol. The Morgan fingerprint density at radius 1 is 1.50 bits per heavy atom. The van der Waals surface area contributed by atoms with Crippen LogP contribution in [0.15, 0.2) is 0 Å². The number of nitrogen functional groups attached to an aromatic ring is 1. The van der Waals surface area contributed by atoms with Gasteiger partial charge in [0.1, 0.15) is 5.52 Å². The molecule has 0 spiro atoms. The molecule has 1 fully saturated rings. The number of nitrogens with one attached hydrogen (secondary N) is 1. The molecule has 1 atom stereocenters. The maximum Gasteiger partial charge on any atom is 0.220 e. The van der Waals surface area contributed by atoms with Gasteiger partial charge < -0.3 is 11.1 Å². The Hall–Kier alpha value is -2.05. The molecule has 3 heterocycles. The minimum Gasteiger partial charge on any atom is -0.369 e. The average Bonchev–Trinajstić information content (AvgIpc) is 3.02. The third kappa shape index (κ3) is 2.03. The highest BCUT2D eigenvalue weighted by Gasteiger charge is 2.24. The molecule has 1 unspecified atom stereocenters. The number of rotatable bonds is 4. The molecule has 1 amide bonds. The first-order valence-corrected chi connectivity index (χ1v) is 7.07. The number of hydrogen-bond donors (Lipinski definition) is 2. The molecule has 0 aliphatic carbocycles. The summed E-state index contributed by atoms with van der Waals surface area (Å²) >= 11 is 0. The lowest BCUT2D eigenvalue weighted by Gasteiger charge is -2.12. The zero-order valence-electron chi connectivity index (χ0n) is 11.9. The van der Waals surface area contributed by atoms with Crippen molar-refractivity contribution in [3.63, 3.8) is 0 Å². The van der Waals surface area contributed by atoms with Crippen LogP contribution >= 0.6 is 0 Å². The molecule has 1 saturated heterocycles. The monoisotopic (exact) mass is 276 g/mol. The lowest BCUT2D eigenvalue weighted by atomic mass is 10.2. The van der Waals surface area contributed by atoms with E-state index in [2.05, 4.69) is 22.3 Å². The van der Waals surface area contributed by atoms with Crippen molar-refractivity contribution in [2.24, 2.45) is 7.05 Å². The van der Waals surface area contributed by atoms with Gasteiger partial charge in [-0.15, -0.1) is 0 Å². The van der Waals surface area contributed by atoms with E-state index in [-0.39, 0.29) is 11.9 Å². The third-order valence-corrected chi connectivity index (χ3v) is 3.80. The number of aromatic nitrogens is 4. The van der Waals surface area contributed by atoms with E-state index in [1.54, 1.807) is 0 Å². The van der Waals surface area contributed by atoms with Crippen molar-refractivity contribution >= 4 is 23.0 Å². The van der Waals surface area contributed by atoms with Gasteiger partial charge in [-0.25, -0.2) is 4.98 Å². The van der Waals surface area contributed by atoms with Crippen LogP contribution in [0, 0.1) is 0 Å². The number of hydrogen-bond acceptors (Lipinski definition) is 4. The molecule has 2 aromatic rings. The Kier molecular flexibility index (Phi) is 3.11. The average molecular weight is 276 g/mol. The van der Waals surface area contributed by atoms with Gasteiger partial charge in [0.2, 0.25) is 11.9 Å². The predicted molar refractivity (Wildman–Crippen MR) is 76.1 cm³/mol. The van der Waals surface area contributed by atoms with Gasteiger partial charge in [0, 0.05) is 26.1 Å². The summed E-state index contributed by atoms with van der Waals surface area (Å²) in [6.07, 6.45) is 3.36. The van der Waals surface area contributed by atoms with E-state index in [9.17, 15) is 4.79 Å². The Morgan fingerprint density at radius 3 is 2.95 bits per heavy atom. The van der Waals surface area contributed by atoms with Crippen LogP contribution in [0.2, 0.25) is 0 Å². The van der Waals surface area contributed by atoms with Gasteiger partial charge in [0.05, 0.1) is 5.69 Å². The summed E-state index contributed by atoms with van der Waals surface area (Å²) < 4.78 is 3.79. The van der Waals surface area contributed by atoms with E-state index in [1.807, 2.05) is 16.3 Å². The van der Waals surface area contributed by atoms with Crippen LogP contribution in [0.3, 0.4) is 0 Å². The molecule has 20 heavy (non-hydrogen) atoms. The Labute approximate surface area is 117 Å². The molecule has 1 aliphatic rings. The lowest BCUT2D eigenvalue weighted by molar-refractivity contribution is -0.119. The number of imidazole rings is 1. The van der Waals surface area contributed by atoms with Crippen LogP contribution in [-0.2, 0) is 24.8 Å². The molecule has 0 bridgehead atoms. The minimum absolute atomic E-state index is 0.113. The number of aryl methyl sites for hydroxylation is 2. The quantitative estimate of drug-likeness (QED) is 0.854. The van der Waals surface area contributed by atoms with Crippen molar-refractivity contribution < 1.29 is 4.79 Å². The van der Waals surface area contributed by atoms with Crippen LogP contribution in [0.1, 0.15) is 31.9 Å². The summed E-state index contributed by atoms with van der Waals surface area (Å²) in [5, 5.41) is 7.48. The normalized spacial score (nSPS) is 18.9. The first kappa shape index (κ1) is 13.0. The Balaban J connectivity index is 1.97. The molecule has 3 rings (SSSR count). The van der Waals surface area contributed by atoms with E-state index in [4.69, 9.17) is 5.73 Å². The molecular formula is C13H20N6O. The van der Waals surface area contributed by atoms with Crippen LogP contribution < -0.4 is 11.1 Å². The van der Waals surface area contributed by atoms with Gasteiger partial charge in [0.25, 0.3) is 0 Å². The fourth-order valence-electron chi connectivity index (χ4n) is 2.88. The summed E-state index contributed by atoms with van der Waals surface area (Å²) in [5.74, 6) is 0.605. The number of carbonyl (C=O) groups excluding carboxylic acids is 1. The second-order valence-corrected chi connectivity index (χ2v) is 5.38. The lowest BCUT2D eigenvalue weighted by Crippen LogP contribution is -2.30. The topological polar surface area (TPSA) is 90.8 Å². The van der Waals surface area contributed by atoms with Gasteiger partial charge in [-0.2, -0.15) is 5.10 Å². The summed E-state index contributed by atoms with van der Waals surface area (Å²) in [5.41, 5.74) is 8.86. The third-order valence-electron chi connectivity index (χ3n) is 3.80. The molecule has 0 saturated carbocycles. The molecule has 3 N–H and O–H groups in total. The fraction of sp³-hybridized carbons (Fsp3) is 0.615. The van der Waals surface area contributed by atoms with Crippen molar-refractivity contribution in [2.45, 2.75) is 45.2 Å². The zero-order chi connectivity index (χ0) is 14.3. The standard InChI is InChI=1S/C13H20N6O/c1-3-4-9-11-12(18(2)17-9)19(13(14)16-11)7-8-5-6-10(20)15-8/h8H,3-7H2,1-2H3,(H2,14,16)(H,15,20). The summed E-state index contributed by atoms with van der Waals surface area (Å²) in [6.45, 7) is 2.77. The van der Waals surface area contributed by atoms with Crippen molar-refractivity contribution in [3.05, 3.63) is 5.69 Å². The van der Waals surface area contributed by atoms with Crippen LogP contribution in [0.25, 0.3) is 11.2 Å². The Bertz CT molecular complexity index is 655. The van der Waals surface area contributed by atoms with Gasteiger partial charge in [-0.1, -0.05) is 13.3 Å². The second-order valence-electron chi connectivity index (χ2n) is 5.38. The molecule has 7 nitrogen and oxygen atoms in total. The maximum atomic E-state index is 11.3. The Morgan fingerprint density at radius 2 is 2.30 bits per heavy atom. The molecule has 7 heteroatoms. The highest BCUT2D eigenvalue weighted by molar-refractivity contribution is 5.79. The summed E-state index contributed by atoms with van der Waals surface area (Å²) in [6, 6.07) is 0.131. The van der Waals surface area contributed by atoms with E-state index in [0.29, 0.717) is 18.9 Å². The van der Waals surface area contributed by atoms with E-state index in [0.717, 1.165) is 36.1 Å². The van der Waals surface area contributed by atoms with E-state index in [1.165, 1.54) is 0 Å². The smallest absolute Gasteiger partial charge is 0.220 e. The first-order chi connectivity index (χ1) is 9.60. The molecule has 0 radical (unpaired) electrons. The fourth-order valence-corrected chi connectivity index (χ4v) is 2.88. The van der Waals surface area contributed by atoms with Gasteiger partial charge in [-0.3, -0.25) is 14.0 Å². The number of amides is 1. The number of nitrogens with zero attached hydrogens (tertiary/aromatic N) is 4. The van der Waals surface area contributed by atoms with Crippen molar-refractivity contribution in [2.75, 3.05) is 5.73 Å². The van der Waals surface area contributed by atoms with Crippen LogP contribution in [0.4, 0.5) is 5.95 Å². The SMILES string of the molecule is CCCc1nn(C)c2c1nc(N)n2CC1CCC(=O)N1.